The SMILES string of the molecule is CCOCCCNC(=NC)NCCc1ccc(OC)cc1. The van der Waals surface area contributed by atoms with Crippen LogP contribution in [-0.4, -0.2) is 46.4 Å². The molecule has 2 N–H and O–H groups in total. The maximum atomic E-state index is 5.30. The third-order valence-corrected chi connectivity index (χ3v) is 3.05. The number of hydrogen-bond acceptors (Lipinski definition) is 3. The van der Waals surface area contributed by atoms with E-state index in [1.807, 2.05) is 19.1 Å². The van der Waals surface area contributed by atoms with Crippen LogP contribution >= 0.6 is 0 Å². The molecule has 118 valence electrons. The Hall–Kier alpha value is -1.75. The van der Waals surface area contributed by atoms with Gasteiger partial charge in [0, 0.05) is 33.4 Å². The molecule has 1 rings (SSSR count). The van der Waals surface area contributed by atoms with Crippen molar-refractivity contribution in [1.82, 2.24) is 10.6 Å². The number of hydrogen-bond donors (Lipinski definition) is 2. The maximum absolute atomic E-state index is 5.30. The highest BCUT2D eigenvalue weighted by Gasteiger charge is 1.98. The lowest BCUT2D eigenvalue weighted by Gasteiger charge is -2.12. The quantitative estimate of drug-likeness (QED) is 0.414. The molecule has 1 aromatic rings. The van der Waals surface area contributed by atoms with Crippen LogP contribution < -0.4 is 15.4 Å². The van der Waals surface area contributed by atoms with Gasteiger partial charge in [0.25, 0.3) is 0 Å². The van der Waals surface area contributed by atoms with Crippen LogP contribution in [0.4, 0.5) is 0 Å². The van der Waals surface area contributed by atoms with Crippen LogP contribution in [0.2, 0.25) is 0 Å². The Balaban J connectivity index is 2.19. The third-order valence-electron chi connectivity index (χ3n) is 3.05. The molecule has 0 atom stereocenters. The summed E-state index contributed by atoms with van der Waals surface area (Å²) in [5.74, 6) is 1.72. The number of rotatable bonds is 9. The Morgan fingerprint density at radius 1 is 1.14 bits per heavy atom. The molecule has 5 nitrogen and oxygen atoms in total. The number of aliphatic imine (C=N–C) groups is 1. The van der Waals surface area contributed by atoms with E-state index >= 15 is 0 Å². The van der Waals surface area contributed by atoms with Crippen molar-refractivity contribution in [2.75, 3.05) is 40.5 Å². The fraction of sp³-hybridized carbons (Fsp3) is 0.562. The minimum absolute atomic E-state index is 0.773. The van der Waals surface area contributed by atoms with E-state index in [1.165, 1.54) is 5.56 Å². The first kappa shape index (κ1) is 17.3. The molecule has 0 aromatic heterocycles. The molecule has 0 heterocycles. The van der Waals surface area contributed by atoms with E-state index in [1.54, 1.807) is 14.2 Å². The molecule has 0 spiro atoms. The first-order valence-corrected chi connectivity index (χ1v) is 7.45. The van der Waals surface area contributed by atoms with Crippen molar-refractivity contribution in [1.29, 1.82) is 0 Å². The zero-order chi connectivity index (χ0) is 15.3. The van der Waals surface area contributed by atoms with Gasteiger partial charge in [-0.1, -0.05) is 12.1 Å². The summed E-state index contributed by atoms with van der Waals surface area (Å²) >= 11 is 0. The molecule has 0 aliphatic heterocycles. The van der Waals surface area contributed by atoms with Gasteiger partial charge in [0.05, 0.1) is 7.11 Å². The summed E-state index contributed by atoms with van der Waals surface area (Å²) in [5, 5.41) is 6.58. The lowest BCUT2D eigenvalue weighted by Crippen LogP contribution is -2.39. The standard InChI is InChI=1S/C16H27N3O2/c1-4-21-13-5-11-18-16(17-2)19-12-10-14-6-8-15(20-3)9-7-14/h6-9H,4-5,10-13H2,1-3H3,(H2,17,18,19). The van der Waals surface area contributed by atoms with Crippen molar-refractivity contribution in [3.8, 4) is 5.75 Å². The van der Waals surface area contributed by atoms with Gasteiger partial charge in [-0.15, -0.1) is 0 Å². The Labute approximate surface area is 127 Å². The van der Waals surface area contributed by atoms with E-state index in [0.29, 0.717) is 0 Å². The summed E-state index contributed by atoms with van der Waals surface area (Å²) < 4.78 is 10.4. The minimum Gasteiger partial charge on any atom is -0.497 e. The summed E-state index contributed by atoms with van der Waals surface area (Å²) in [6.07, 6.45) is 1.93. The lowest BCUT2D eigenvalue weighted by atomic mass is 10.1. The Morgan fingerprint density at radius 3 is 2.48 bits per heavy atom. The average molecular weight is 293 g/mol. The van der Waals surface area contributed by atoms with Crippen molar-refractivity contribution in [2.45, 2.75) is 19.8 Å². The molecule has 0 aliphatic rings. The lowest BCUT2D eigenvalue weighted by molar-refractivity contribution is 0.145. The largest absolute Gasteiger partial charge is 0.497 e. The van der Waals surface area contributed by atoms with Crippen LogP contribution in [0.3, 0.4) is 0 Å². The molecular weight excluding hydrogens is 266 g/mol. The smallest absolute Gasteiger partial charge is 0.190 e. The predicted molar refractivity (Wildman–Crippen MR) is 87.2 cm³/mol. The summed E-state index contributed by atoms with van der Waals surface area (Å²) in [6.45, 7) is 5.27. The highest BCUT2D eigenvalue weighted by Crippen LogP contribution is 2.11. The van der Waals surface area contributed by atoms with Gasteiger partial charge in [-0.25, -0.2) is 0 Å². The van der Waals surface area contributed by atoms with Crippen LogP contribution in [0.15, 0.2) is 29.3 Å². The normalized spacial score (nSPS) is 11.3. The van der Waals surface area contributed by atoms with Gasteiger partial charge in [-0.2, -0.15) is 0 Å². The van der Waals surface area contributed by atoms with E-state index in [4.69, 9.17) is 9.47 Å². The molecular formula is C16H27N3O2. The van der Waals surface area contributed by atoms with E-state index < -0.39 is 0 Å². The zero-order valence-corrected chi connectivity index (χ0v) is 13.3. The summed E-state index contributed by atoms with van der Waals surface area (Å²) in [5.41, 5.74) is 1.27. The predicted octanol–water partition coefficient (Wildman–Crippen LogP) is 1.83. The monoisotopic (exact) mass is 293 g/mol. The summed E-state index contributed by atoms with van der Waals surface area (Å²) in [7, 11) is 3.46. The first-order chi connectivity index (χ1) is 10.3. The Kier molecular flexibility index (Phi) is 9.04. The first-order valence-electron chi connectivity index (χ1n) is 7.45. The van der Waals surface area contributed by atoms with Crippen molar-refractivity contribution in [3.63, 3.8) is 0 Å². The molecule has 0 radical (unpaired) electrons. The fourth-order valence-corrected chi connectivity index (χ4v) is 1.86. The van der Waals surface area contributed by atoms with Crippen LogP contribution in [-0.2, 0) is 11.2 Å². The maximum Gasteiger partial charge on any atom is 0.190 e. The second-order valence-electron chi connectivity index (χ2n) is 4.57. The highest BCUT2D eigenvalue weighted by atomic mass is 16.5. The van der Waals surface area contributed by atoms with Gasteiger partial charge >= 0.3 is 0 Å². The van der Waals surface area contributed by atoms with Gasteiger partial charge in [-0.05, 0) is 37.5 Å². The fourth-order valence-electron chi connectivity index (χ4n) is 1.86. The molecule has 0 aliphatic carbocycles. The van der Waals surface area contributed by atoms with Crippen LogP contribution in [0, 0.1) is 0 Å². The molecule has 5 heteroatoms. The van der Waals surface area contributed by atoms with Gasteiger partial charge in [0.2, 0.25) is 0 Å². The van der Waals surface area contributed by atoms with E-state index in [9.17, 15) is 0 Å². The van der Waals surface area contributed by atoms with Gasteiger partial charge in [-0.3, -0.25) is 4.99 Å². The Bertz CT molecular complexity index is 404. The van der Waals surface area contributed by atoms with Gasteiger partial charge in [0.1, 0.15) is 5.75 Å². The van der Waals surface area contributed by atoms with E-state index in [-0.39, 0.29) is 0 Å². The highest BCUT2D eigenvalue weighted by molar-refractivity contribution is 5.79. The topological polar surface area (TPSA) is 54.9 Å². The van der Waals surface area contributed by atoms with E-state index in [2.05, 4.69) is 27.8 Å². The molecule has 0 saturated heterocycles. The van der Waals surface area contributed by atoms with Crippen LogP contribution in [0.5, 0.6) is 5.75 Å². The number of nitrogens with one attached hydrogen (secondary N) is 2. The van der Waals surface area contributed by atoms with Crippen LogP contribution in [0.25, 0.3) is 0 Å². The number of ether oxygens (including phenoxy) is 2. The Morgan fingerprint density at radius 2 is 1.86 bits per heavy atom. The number of benzene rings is 1. The molecule has 21 heavy (non-hydrogen) atoms. The number of nitrogens with zero attached hydrogens (tertiary/aromatic N) is 1. The van der Waals surface area contributed by atoms with E-state index in [0.717, 1.165) is 50.9 Å². The molecule has 0 bridgehead atoms. The molecule has 0 saturated carbocycles. The summed E-state index contributed by atoms with van der Waals surface area (Å²) in [4.78, 5) is 4.20. The molecule has 0 unspecified atom stereocenters. The molecule has 0 amide bonds. The summed E-state index contributed by atoms with van der Waals surface area (Å²) in [6, 6.07) is 8.13. The number of guanidine groups is 1. The van der Waals surface area contributed by atoms with Crippen molar-refractivity contribution in [2.24, 2.45) is 4.99 Å². The third kappa shape index (κ3) is 7.56. The second-order valence-corrected chi connectivity index (χ2v) is 4.57. The second kappa shape index (κ2) is 11.0. The van der Waals surface area contributed by atoms with Gasteiger partial charge < -0.3 is 20.1 Å². The van der Waals surface area contributed by atoms with Gasteiger partial charge in [0.15, 0.2) is 5.96 Å². The number of methoxy groups -OCH3 is 1. The van der Waals surface area contributed by atoms with Crippen molar-refractivity contribution < 1.29 is 9.47 Å². The zero-order valence-electron chi connectivity index (χ0n) is 13.3. The van der Waals surface area contributed by atoms with Crippen molar-refractivity contribution in [3.05, 3.63) is 29.8 Å². The molecule has 1 aromatic carbocycles. The average Bonchev–Trinajstić information content (AvgIpc) is 2.53. The van der Waals surface area contributed by atoms with Crippen LogP contribution in [0.1, 0.15) is 18.9 Å². The molecule has 0 fully saturated rings. The minimum atomic E-state index is 0.773. The van der Waals surface area contributed by atoms with Crippen molar-refractivity contribution >= 4 is 5.96 Å².